The summed E-state index contributed by atoms with van der Waals surface area (Å²) in [5, 5.41) is 0. The lowest BCUT2D eigenvalue weighted by atomic mass is 10.1. The summed E-state index contributed by atoms with van der Waals surface area (Å²) in [6, 6.07) is 2.05. The largest absolute Gasteiger partial charge is 0.383 e. The van der Waals surface area contributed by atoms with Crippen LogP contribution in [0.15, 0.2) is 18.2 Å². The van der Waals surface area contributed by atoms with Crippen LogP contribution < -0.4 is 0 Å². The summed E-state index contributed by atoms with van der Waals surface area (Å²) in [6.45, 7) is 0.369. The first-order valence-electron chi connectivity index (χ1n) is 6.79. The Hall–Kier alpha value is -1.54. The second-order valence-electron chi connectivity index (χ2n) is 5.21. The van der Waals surface area contributed by atoms with Crippen molar-refractivity contribution in [2.24, 2.45) is 0 Å². The molecule has 1 aromatic carbocycles. The Bertz CT molecular complexity index is 643. The van der Waals surface area contributed by atoms with Crippen LogP contribution in [0.3, 0.4) is 0 Å². The Morgan fingerprint density at radius 2 is 1.95 bits per heavy atom. The molecular formula is C14H17F2NO4S. The van der Waals surface area contributed by atoms with Crippen LogP contribution in [-0.4, -0.2) is 57.0 Å². The van der Waals surface area contributed by atoms with Crippen molar-refractivity contribution in [1.82, 2.24) is 4.90 Å². The van der Waals surface area contributed by atoms with Gasteiger partial charge < -0.3 is 9.64 Å². The number of amides is 1. The first kappa shape index (κ1) is 16.8. The Labute approximate surface area is 127 Å². The van der Waals surface area contributed by atoms with Gasteiger partial charge in [-0.1, -0.05) is 0 Å². The highest BCUT2D eigenvalue weighted by Gasteiger charge is 2.35. The van der Waals surface area contributed by atoms with Crippen molar-refractivity contribution in [3.8, 4) is 0 Å². The molecule has 0 bridgehead atoms. The Morgan fingerprint density at radius 1 is 1.32 bits per heavy atom. The number of sulfone groups is 1. The Kier molecular flexibility index (Phi) is 5.12. The van der Waals surface area contributed by atoms with Crippen LogP contribution in [0.5, 0.6) is 0 Å². The molecule has 1 amide bonds. The highest BCUT2D eigenvalue weighted by Crippen LogP contribution is 2.20. The molecule has 1 aliphatic heterocycles. The molecule has 1 heterocycles. The molecule has 1 aliphatic rings. The van der Waals surface area contributed by atoms with Crippen molar-refractivity contribution in [2.75, 3.05) is 31.8 Å². The van der Waals surface area contributed by atoms with E-state index < -0.39 is 33.4 Å². The smallest absolute Gasteiger partial charge is 0.254 e. The predicted octanol–water partition coefficient (Wildman–Crippen LogP) is 1.24. The number of benzene rings is 1. The first-order chi connectivity index (χ1) is 10.3. The van der Waals surface area contributed by atoms with E-state index >= 15 is 0 Å². The maximum atomic E-state index is 13.3. The Balaban J connectivity index is 2.26. The lowest BCUT2D eigenvalue weighted by molar-refractivity contribution is 0.0623. The van der Waals surface area contributed by atoms with Crippen LogP contribution in [0.2, 0.25) is 0 Å². The number of hydrogen-bond acceptors (Lipinski definition) is 4. The topological polar surface area (TPSA) is 63.7 Å². The monoisotopic (exact) mass is 333 g/mol. The quantitative estimate of drug-likeness (QED) is 0.813. The molecule has 22 heavy (non-hydrogen) atoms. The van der Waals surface area contributed by atoms with Crippen LogP contribution in [0.25, 0.3) is 0 Å². The standard InChI is InChI=1S/C14H17F2NO4S/c1-21-4-3-17(13-2-5-22(19,20)9-13)14(18)10-6-11(15)8-12(16)7-10/h6-8,13H,2-5,9H2,1H3. The fourth-order valence-electron chi connectivity index (χ4n) is 2.50. The third-order valence-electron chi connectivity index (χ3n) is 3.56. The molecule has 1 aromatic rings. The number of methoxy groups -OCH3 is 1. The summed E-state index contributed by atoms with van der Waals surface area (Å²) in [7, 11) is -1.73. The van der Waals surface area contributed by atoms with Gasteiger partial charge in [0, 0.05) is 31.3 Å². The van der Waals surface area contributed by atoms with E-state index in [2.05, 4.69) is 0 Å². The number of ether oxygens (including phenoxy) is 1. The van der Waals surface area contributed by atoms with Crippen molar-refractivity contribution in [2.45, 2.75) is 12.5 Å². The molecule has 0 N–H and O–H groups in total. The first-order valence-corrected chi connectivity index (χ1v) is 8.61. The minimum atomic E-state index is -3.18. The van der Waals surface area contributed by atoms with Gasteiger partial charge in [0.15, 0.2) is 9.84 Å². The van der Waals surface area contributed by atoms with E-state index in [1.54, 1.807) is 0 Å². The van der Waals surface area contributed by atoms with Crippen LogP contribution in [-0.2, 0) is 14.6 Å². The van der Waals surface area contributed by atoms with Gasteiger partial charge in [-0.15, -0.1) is 0 Å². The van der Waals surface area contributed by atoms with Crippen molar-refractivity contribution < 1.29 is 26.7 Å². The minimum Gasteiger partial charge on any atom is -0.383 e. The van der Waals surface area contributed by atoms with E-state index in [0.29, 0.717) is 12.5 Å². The molecule has 0 aromatic heterocycles. The number of nitrogens with zero attached hydrogens (tertiary/aromatic N) is 1. The molecule has 0 spiro atoms. The van der Waals surface area contributed by atoms with Gasteiger partial charge >= 0.3 is 0 Å². The van der Waals surface area contributed by atoms with Gasteiger partial charge in [-0.3, -0.25) is 4.79 Å². The zero-order chi connectivity index (χ0) is 16.3. The molecule has 2 rings (SSSR count). The molecule has 1 unspecified atom stereocenters. The number of halogens is 2. The van der Waals surface area contributed by atoms with Gasteiger partial charge in [0.05, 0.1) is 18.1 Å². The van der Waals surface area contributed by atoms with Crippen LogP contribution in [0.1, 0.15) is 16.8 Å². The van der Waals surface area contributed by atoms with Crippen LogP contribution in [0.4, 0.5) is 8.78 Å². The maximum Gasteiger partial charge on any atom is 0.254 e. The third-order valence-corrected chi connectivity index (χ3v) is 5.31. The van der Waals surface area contributed by atoms with Gasteiger partial charge in [-0.2, -0.15) is 0 Å². The van der Waals surface area contributed by atoms with Crippen molar-refractivity contribution in [3.05, 3.63) is 35.4 Å². The minimum absolute atomic E-state index is 0.00589. The number of rotatable bonds is 5. The summed E-state index contributed by atoms with van der Waals surface area (Å²) in [6.07, 6.45) is 0.315. The fourth-order valence-corrected chi connectivity index (χ4v) is 4.23. The summed E-state index contributed by atoms with van der Waals surface area (Å²) < 4.78 is 54.7. The highest BCUT2D eigenvalue weighted by molar-refractivity contribution is 7.91. The third kappa shape index (κ3) is 4.01. The molecular weight excluding hydrogens is 316 g/mol. The molecule has 5 nitrogen and oxygen atoms in total. The van der Waals surface area contributed by atoms with Crippen molar-refractivity contribution in [3.63, 3.8) is 0 Å². The molecule has 122 valence electrons. The predicted molar refractivity (Wildman–Crippen MR) is 76.3 cm³/mol. The van der Waals surface area contributed by atoms with E-state index in [9.17, 15) is 22.0 Å². The second-order valence-corrected chi connectivity index (χ2v) is 7.44. The summed E-state index contributed by atoms with van der Waals surface area (Å²) >= 11 is 0. The Morgan fingerprint density at radius 3 is 2.45 bits per heavy atom. The average molecular weight is 333 g/mol. The van der Waals surface area contributed by atoms with Gasteiger partial charge in [-0.05, 0) is 18.6 Å². The van der Waals surface area contributed by atoms with Crippen LogP contribution in [0, 0.1) is 11.6 Å². The second kappa shape index (κ2) is 6.70. The zero-order valence-electron chi connectivity index (χ0n) is 12.1. The van der Waals surface area contributed by atoms with Gasteiger partial charge in [0.2, 0.25) is 0 Å². The lowest BCUT2D eigenvalue weighted by Crippen LogP contribution is -2.43. The van der Waals surface area contributed by atoms with E-state index in [4.69, 9.17) is 4.74 Å². The number of hydrogen-bond donors (Lipinski definition) is 0. The van der Waals surface area contributed by atoms with E-state index in [0.717, 1.165) is 12.1 Å². The zero-order valence-corrected chi connectivity index (χ0v) is 12.9. The summed E-state index contributed by atoms with van der Waals surface area (Å²) in [4.78, 5) is 13.8. The fraction of sp³-hybridized carbons (Fsp3) is 0.500. The molecule has 0 aliphatic carbocycles. The lowest BCUT2D eigenvalue weighted by Gasteiger charge is -2.28. The number of carbonyl (C=O) groups is 1. The summed E-state index contributed by atoms with van der Waals surface area (Å²) in [5.74, 6) is -2.44. The SMILES string of the molecule is COCCN(C(=O)c1cc(F)cc(F)c1)C1CCS(=O)(=O)C1. The van der Waals surface area contributed by atoms with Gasteiger partial charge in [0.25, 0.3) is 5.91 Å². The van der Waals surface area contributed by atoms with Crippen LogP contribution >= 0.6 is 0 Å². The number of carbonyl (C=O) groups excluding carboxylic acids is 1. The molecule has 1 saturated heterocycles. The van der Waals surface area contributed by atoms with E-state index in [-0.39, 0.29) is 30.2 Å². The highest BCUT2D eigenvalue weighted by atomic mass is 32.2. The molecule has 1 atom stereocenters. The molecule has 8 heteroatoms. The maximum absolute atomic E-state index is 13.3. The molecule has 1 fully saturated rings. The van der Waals surface area contributed by atoms with Gasteiger partial charge in [0.1, 0.15) is 11.6 Å². The molecule has 0 saturated carbocycles. The average Bonchev–Trinajstić information content (AvgIpc) is 2.78. The van der Waals surface area contributed by atoms with E-state index in [1.165, 1.54) is 12.0 Å². The normalized spacial score (nSPS) is 20.0. The van der Waals surface area contributed by atoms with Gasteiger partial charge in [-0.25, -0.2) is 17.2 Å². The summed E-state index contributed by atoms with van der Waals surface area (Å²) in [5.41, 5.74) is -0.141. The van der Waals surface area contributed by atoms with E-state index in [1.807, 2.05) is 0 Å². The molecule has 0 radical (unpaired) electrons. The van der Waals surface area contributed by atoms with Crippen molar-refractivity contribution in [1.29, 1.82) is 0 Å². The van der Waals surface area contributed by atoms with Crippen molar-refractivity contribution >= 4 is 15.7 Å².